The maximum absolute atomic E-state index is 11.1. The van der Waals surface area contributed by atoms with Crippen LogP contribution in [-0.2, 0) is 0 Å². The van der Waals surface area contributed by atoms with Gasteiger partial charge in [0.2, 0.25) is 0 Å². The third-order valence-electron chi connectivity index (χ3n) is 1.77. The minimum Gasteiger partial charge on any atom is -0.493 e. The van der Waals surface area contributed by atoms with Gasteiger partial charge in [0.15, 0.2) is 0 Å². The molecule has 0 spiro atoms. The van der Waals surface area contributed by atoms with Crippen molar-refractivity contribution in [3.8, 4) is 5.75 Å². The minimum atomic E-state index is -0.532. The van der Waals surface area contributed by atoms with Gasteiger partial charge in [-0.1, -0.05) is 15.9 Å². The van der Waals surface area contributed by atoms with Gasteiger partial charge in [-0.15, -0.1) is 0 Å². The number of amides is 1. The van der Waals surface area contributed by atoms with E-state index in [4.69, 9.17) is 15.6 Å². The zero-order valence-electron chi connectivity index (χ0n) is 8.07. The van der Waals surface area contributed by atoms with Crippen LogP contribution in [0.15, 0.2) is 22.7 Å². The van der Waals surface area contributed by atoms with Crippen molar-refractivity contribution in [2.75, 3.05) is 13.2 Å². The smallest absolute Gasteiger partial charge is 0.252 e. The van der Waals surface area contributed by atoms with Crippen LogP contribution >= 0.6 is 15.9 Å². The number of hydrogen-bond donors (Lipinski definition) is 2. The Morgan fingerprint density at radius 2 is 2.27 bits per heavy atom. The van der Waals surface area contributed by atoms with Crippen molar-refractivity contribution in [3.63, 3.8) is 0 Å². The number of aliphatic hydroxyl groups is 1. The van der Waals surface area contributed by atoms with Crippen molar-refractivity contribution >= 4 is 21.8 Å². The lowest BCUT2D eigenvalue weighted by molar-refractivity contribution is 0.0996. The Balaban J connectivity index is 2.81. The van der Waals surface area contributed by atoms with E-state index in [0.717, 1.165) is 4.47 Å². The van der Waals surface area contributed by atoms with E-state index in [1.54, 1.807) is 18.2 Å². The van der Waals surface area contributed by atoms with Crippen molar-refractivity contribution < 1.29 is 14.6 Å². The van der Waals surface area contributed by atoms with Gasteiger partial charge in [-0.2, -0.15) is 0 Å². The van der Waals surface area contributed by atoms with Gasteiger partial charge in [0, 0.05) is 17.5 Å². The summed E-state index contributed by atoms with van der Waals surface area (Å²) in [5.41, 5.74) is 5.53. The molecule has 1 aromatic carbocycles. The standard InChI is InChI=1S/C10H12BrNO3/c11-7-2-3-9(15-5-1-4-13)8(6-7)10(12)14/h2-3,6,13H,1,4-5H2,(H2,12,14). The Labute approximate surface area is 96.2 Å². The van der Waals surface area contributed by atoms with Crippen LogP contribution in [0.5, 0.6) is 5.75 Å². The summed E-state index contributed by atoms with van der Waals surface area (Å²) in [5, 5.41) is 8.59. The number of carbonyl (C=O) groups excluding carboxylic acids is 1. The fourth-order valence-corrected chi connectivity index (χ4v) is 1.43. The number of benzene rings is 1. The fraction of sp³-hybridized carbons (Fsp3) is 0.300. The first kappa shape index (κ1) is 12.0. The molecule has 0 radical (unpaired) electrons. The molecule has 1 aromatic rings. The van der Waals surface area contributed by atoms with Crippen molar-refractivity contribution in [3.05, 3.63) is 28.2 Å². The molecular weight excluding hydrogens is 262 g/mol. The normalized spacial score (nSPS) is 10.0. The van der Waals surface area contributed by atoms with Crippen molar-refractivity contribution in [1.29, 1.82) is 0 Å². The molecule has 0 aliphatic rings. The van der Waals surface area contributed by atoms with E-state index in [1.807, 2.05) is 0 Å². The zero-order chi connectivity index (χ0) is 11.3. The number of primary amides is 1. The van der Waals surface area contributed by atoms with Gasteiger partial charge in [0.25, 0.3) is 5.91 Å². The van der Waals surface area contributed by atoms with Crippen LogP contribution in [0.3, 0.4) is 0 Å². The molecule has 1 rings (SSSR count). The quantitative estimate of drug-likeness (QED) is 0.795. The maximum Gasteiger partial charge on any atom is 0.252 e. The molecule has 0 aliphatic carbocycles. The number of nitrogens with two attached hydrogens (primary N) is 1. The third-order valence-corrected chi connectivity index (χ3v) is 2.26. The first-order valence-corrected chi connectivity index (χ1v) is 5.27. The van der Waals surface area contributed by atoms with E-state index in [1.165, 1.54) is 0 Å². The molecule has 0 atom stereocenters. The molecule has 3 N–H and O–H groups in total. The summed E-state index contributed by atoms with van der Waals surface area (Å²) in [7, 11) is 0. The largest absolute Gasteiger partial charge is 0.493 e. The Morgan fingerprint density at radius 1 is 1.53 bits per heavy atom. The van der Waals surface area contributed by atoms with Gasteiger partial charge in [0.1, 0.15) is 5.75 Å². The Bertz CT molecular complexity index is 355. The second kappa shape index (κ2) is 5.72. The maximum atomic E-state index is 11.1. The molecule has 0 aliphatic heterocycles. The zero-order valence-corrected chi connectivity index (χ0v) is 9.66. The Kier molecular flexibility index (Phi) is 4.58. The highest BCUT2D eigenvalue weighted by molar-refractivity contribution is 9.10. The molecule has 0 heterocycles. The van der Waals surface area contributed by atoms with E-state index in [0.29, 0.717) is 24.3 Å². The average Bonchev–Trinajstić information content (AvgIpc) is 2.20. The predicted octanol–water partition coefficient (Wildman–Crippen LogP) is 1.31. The van der Waals surface area contributed by atoms with E-state index >= 15 is 0 Å². The van der Waals surface area contributed by atoms with Crippen LogP contribution in [-0.4, -0.2) is 24.2 Å². The summed E-state index contributed by atoms with van der Waals surface area (Å²) < 4.78 is 6.08. The lowest BCUT2D eigenvalue weighted by Crippen LogP contribution is -2.13. The second-order valence-electron chi connectivity index (χ2n) is 2.93. The Hall–Kier alpha value is -1.07. The molecule has 15 heavy (non-hydrogen) atoms. The number of hydrogen-bond acceptors (Lipinski definition) is 3. The van der Waals surface area contributed by atoms with Gasteiger partial charge in [-0.3, -0.25) is 4.79 Å². The monoisotopic (exact) mass is 273 g/mol. The minimum absolute atomic E-state index is 0.0580. The number of aliphatic hydroxyl groups excluding tert-OH is 1. The van der Waals surface area contributed by atoms with Crippen LogP contribution in [0.25, 0.3) is 0 Å². The summed E-state index contributed by atoms with van der Waals surface area (Å²) in [6.07, 6.45) is 0.522. The van der Waals surface area contributed by atoms with Crippen LogP contribution in [0.1, 0.15) is 16.8 Å². The molecule has 4 nitrogen and oxygen atoms in total. The number of ether oxygens (including phenoxy) is 1. The van der Waals surface area contributed by atoms with Crippen molar-refractivity contribution in [2.45, 2.75) is 6.42 Å². The first-order chi connectivity index (χ1) is 7.15. The number of rotatable bonds is 5. The van der Waals surface area contributed by atoms with Crippen molar-refractivity contribution in [1.82, 2.24) is 0 Å². The predicted molar refractivity (Wildman–Crippen MR) is 59.9 cm³/mol. The van der Waals surface area contributed by atoms with Crippen molar-refractivity contribution in [2.24, 2.45) is 5.73 Å². The second-order valence-corrected chi connectivity index (χ2v) is 3.85. The highest BCUT2D eigenvalue weighted by atomic mass is 79.9. The molecular formula is C10H12BrNO3. The SMILES string of the molecule is NC(=O)c1cc(Br)ccc1OCCCO. The van der Waals surface area contributed by atoms with E-state index < -0.39 is 5.91 Å². The van der Waals surface area contributed by atoms with E-state index in [9.17, 15) is 4.79 Å². The Morgan fingerprint density at radius 3 is 2.87 bits per heavy atom. The molecule has 0 saturated carbocycles. The molecule has 1 amide bonds. The molecule has 82 valence electrons. The lowest BCUT2D eigenvalue weighted by atomic mass is 10.2. The molecule has 0 aromatic heterocycles. The average molecular weight is 274 g/mol. The van der Waals surface area contributed by atoms with Gasteiger partial charge >= 0.3 is 0 Å². The molecule has 5 heteroatoms. The summed E-state index contributed by atoms with van der Waals surface area (Å²) in [6, 6.07) is 5.04. The summed E-state index contributed by atoms with van der Waals surface area (Å²) >= 11 is 3.24. The van der Waals surface area contributed by atoms with Gasteiger partial charge in [-0.05, 0) is 18.2 Å². The first-order valence-electron chi connectivity index (χ1n) is 4.48. The van der Waals surface area contributed by atoms with Crippen LogP contribution < -0.4 is 10.5 Å². The summed E-state index contributed by atoms with van der Waals surface area (Å²) in [6.45, 7) is 0.418. The highest BCUT2D eigenvalue weighted by Gasteiger charge is 2.09. The van der Waals surface area contributed by atoms with E-state index in [-0.39, 0.29) is 6.61 Å². The summed E-state index contributed by atoms with van der Waals surface area (Å²) in [5.74, 6) is -0.0885. The lowest BCUT2D eigenvalue weighted by Gasteiger charge is -2.09. The van der Waals surface area contributed by atoms with E-state index in [2.05, 4.69) is 15.9 Å². The molecule has 0 bridgehead atoms. The van der Waals surface area contributed by atoms with Gasteiger partial charge in [0.05, 0.1) is 12.2 Å². The van der Waals surface area contributed by atoms with Crippen LogP contribution in [0.2, 0.25) is 0 Å². The van der Waals surface area contributed by atoms with Crippen LogP contribution in [0, 0.1) is 0 Å². The highest BCUT2D eigenvalue weighted by Crippen LogP contribution is 2.22. The van der Waals surface area contributed by atoms with Gasteiger partial charge < -0.3 is 15.6 Å². The fourth-order valence-electron chi connectivity index (χ4n) is 1.07. The molecule has 0 fully saturated rings. The topological polar surface area (TPSA) is 72.6 Å². The molecule has 0 unspecified atom stereocenters. The number of halogens is 1. The molecule has 0 saturated heterocycles. The van der Waals surface area contributed by atoms with Gasteiger partial charge in [-0.25, -0.2) is 0 Å². The number of carbonyl (C=O) groups is 1. The van der Waals surface area contributed by atoms with Crippen LogP contribution in [0.4, 0.5) is 0 Å². The summed E-state index contributed by atoms with van der Waals surface area (Å²) in [4.78, 5) is 11.1. The third kappa shape index (κ3) is 3.53.